The fourth-order valence-electron chi connectivity index (χ4n) is 0.785. The van der Waals surface area contributed by atoms with Gasteiger partial charge in [0, 0.05) is 3.57 Å². The molecule has 2 nitrogen and oxygen atoms in total. The summed E-state index contributed by atoms with van der Waals surface area (Å²) in [6.45, 7) is 0. The normalized spacial score (nSPS) is 9.77. The quantitative estimate of drug-likeness (QED) is 0.617. The van der Waals surface area contributed by atoms with Crippen LogP contribution in [0.5, 0.6) is 0 Å². The van der Waals surface area contributed by atoms with Gasteiger partial charge in [-0.05, 0) is 46.9 Å². The number of hydrogen-bond donors (Lipinski definition) is 2. The van der Waals surface area contributed by atoms with Crippen molar-refractivity contribution in [3.05, 3.63) is 27.3 Å². The van der Waals surface area contributed by atoms with Gasteiger partial charge in [0.15, 0.2) is 16.7 Å². The molecule has 0 aromatic heterocycles. The largest absolute Gasteiger partial charge is 0.376 e. The SMILES string of the molecule is NC(=S)Nc1c(F)cc(I)cc1F. The Labute approximate surface area is 92.6 Å². The predicted molar refractivity (Wildman–Crippen MR) is 59.5 cm³/mol. The van der Waals surface area contributed by atoms with Crippen molar-refractivity contribution in [2.45, 2.75) is 0 Å². The van der Waals surface area contributed by atoms with Crippen LogP contribution in [0.2, 0.25) is 0 Å². The Hall–Kier alpha value is -0.500. The molecule has 1 rings (SSSR count). The maximum Gasteiger partial charge on any atom is 0.168 e. The van der Waals surface area contributed by atoms with Crippen LogP contribution in [0.3, 0.4) is 0 Å². The lowest BCUT2D eigenvalue weighted by atomic mass is 10.3. The number of anilines is 1. The summed E-state index contributed by atoms with van der Waals surface area (Å²) < 4.78 is 26.6. The molecule has 6 heteroatoms. The second-order valence-corrected chi connectivity index (χ2v) is 3.92. The van der Waals surface area contributed by atoms with Crippen molar-refractivity contribution in [1.29, 1.82) is 0 Å². The molecule has 13 heavy (non-hydrogen) atoms. The van der Waals surface area contributed by atoms with Crippen molar-refractivity contribution in [1.82, 2.24) is 0 Å². The molecular formula is C7H5F2IN2S. The van der Waals surface area contributed by atoms with E-state index in [1.165, 1.54) is 12.1 Å². The van der Waals surface area contributed by atoms with Gasteiger partial charge in [0.05, 0.1) is 0 Å². The lowest BCUT2D eigenvalue weighted by Gasteiger charge is -2.06. The number of benzene rings is 1. The molecule has 0 heterocycles. The third-order valence-corrected chi connectivity index (χ3v) is 1.98. The van der Waals surface area contributed by atoms with E-state index in [-0.39, 0.29) is 10.8 Å². The molecule has 70 valence electrons. The second kappa shape index (κ2) is 4.14. The van der Waals surface area contributed by atoms with Crippen molar-refractivity contribution in [2.24, 2.45) is 5.73 Å². The van der Waals surface area contributed by atoms with Crippen molar-refractivity contribution in [3.8, 4) is 0 Å². The molecule has 0 unspecified atom stereocenters. The average Bonchev–Trinajstić information content (AvgIpc) is 1.96. The summed E-state index contributed by atoms with van der Waals surface area (Å²) in [5.74, 6) is -1.42. The molecule has 0 saturated heterocycles. The lowest BCUT2D eigenvalue weighted by Crippen LogP contribution is -2.20. The zero-order valence-corrected chi connectivity index (χ0v) is 9.25. The second-order valence-electron chi connectivity index (χ2n) is 2.23. The monoisotopic (exact) mass is 314 g/mol. The summed E-state index contributed by atoms with van der Waals surface area (Å²) in [7, 11) is 0. The van der Waals surface area contributed by atoms with Crippen LogP contribution in [0.25, 0.3) is 0 Å². The van der Waals surface area contributed by atoms with Gasteiger partial charge in [-0.3, -0.25) is 0 Å². The molecule has 0 aliphatic heterocycles. The molecule has 0 spiro atoms. The highest BCUT2D eigenvalue weighted by Crippen LogP contribution is 2.21. The third-order valence-electron chi connectivity index (χ3n) is 1.26. The Morgan fingerprint density at radius 1 is 1.38 bits per heavy atom. The van der Waals surface area contributed by atoms with E-state index in [2.05, 4.69) is 17.5 Å². The maximum atomic E-state index is 13.0. The molecule has 0 bridgehead atoms. The predicted octanol–water partition coefficient (Wildman–Crippen LogP) is 2.22. The van der Waals surface area contributed by atoms with Gasteiger partial charge >= 0.3 is 0 Å². The van der Waals surface area contributed by atoms with E-state index in [0.29, 0.717) is 3.57 Å². The minimum atomic E-state index is -0.711. The van der Waals surface area contributed by atoms with E-state index in [1.54, 1.807) is 0 Å². The molecule has 0 atom stereocenters. The number of halogens is 3. The summed E-state index contributed by atoms with van der Waals surface area (Å²) in [6, 6.07) is 2.37. The van der Waals surface area contributed by atoms with Crippen molar-refractivity contribution in [3.63, 3.8) is 0 Å². The van der Waals surface area contributed by atoms with Crippen LogP contribution in [0, 0.1) is 15.2 Å². The van der Waals surface area contributed by atoms with E-state index < -0.39 is 11.6 Å². The zero-order chi connectivity index (χ0) is 10.0. The summed E-state index contributed by atoms with van der Waals surface area (Å²) in [5.41, 5.74) is 4.77. The highest BCUT2D eigenvalue weighted by molar-refractivity contribution is 14.1. The topological polar surface area (TPSA) is 38.0 Å². The highest BCUT2D eigenvalue weighted by atomic mass is 127. The van der Waals surface area contributed by atoms with Crippen LogP contribution in [0.4, 0.5) is 14.5 Å². The van der Waals surface area contributed by atoms with Gasteiger partial charge in [-0.15, -0.1) is 0 Å². The molecule has 0 amide bonds. The van der Waals surface area contributed by atoms with E-state index >= 15 is 0 Å². The van der Waals surface area contributed by atoms with E-state index in [4.69, 9.17) is 5.73 Å². The van der Waals surface area contributed by atoms with E-state index in [0.717, 1.165) is 0 Å². The molecule has 1 aromatic carbocycles. The number of nitrogens with two attached hydrogens (primary N) is 1. The van der Waals surface area contributed by atoms with Crippen LogP contribution in [-0.4, -0.2) is 5.11 Å². The molecule has 0 saturated carbocycles. The lowest BCUT2D eigenvalue weighted by molar-refractivity contribution is 0.589. The van der Waals surface area contributed by atoms with Gasteiger partial charge in [-0.1, -0.05) is 0 Å². The van der Waals surface area contributed by atoms with Crippen molar-refractivity contribution in [2.75, 3.05) is 5.32 Å². The Kier molecular flexibility index (Phi) is 3.37. The Morgan fingerprint density at radius 2 is 1.85 bits per heavy atom. The van der Waals surface area contributed by atoms with Crippen LogP contribution < -0.4 is 11.1 Å². The molecule has 0 radical (unpaired) electrons. The van der Waals surface area contributed by atoms with Gasteiger partial charge in [-0.2, -0.15) is 0 Å². The fourth-order valence-corrected chi connectivity index (χ4v) is 1.43. The van der Waals surface area contributed by atoms with Gasteiger partial charge in [0.1, 0.15) is 5.69 Å². The Bertz CT molecular complexity index is 333. The smallest absolute Gasteiger partial charge is 0.168 e. The molecular weight excluding hydrogens is 309 g/mol. The number of thiocarbonyl (C=S) groups is 1. The Morgan fingerprint density at radius 3 is 2.23 bits per heavy atom. The number of nitrogens with one attached hydrogen (secondary N) is 1. The van der Waals surface area contributed by atoms with Gasteiger partial charge in [-0.25, -0.2) is 8.78 Å². The highest BCUT2D eigenvalue weighted by Gasteiger charge is 2.10. The minimum absolute atomic E-state index is 0.168. The Balaban J connectivity index is 3.13. The van der Waals surface area contributed by atoms with Crippen molar-refractivity contribution < 1.29 is 8.78 Å². The summed E-state index contributed by atoms with van der Waals surface area (Å²) in [4.78, 5) is 0. The average molecular weight is 314 g/mol. The summed E-state index contributed by atoms with van der Waals surface area (Å²) in [6.07, 6.45) is 0. The van der Waals surface area contributed by atoms with Crippen molar-refractivity contribution >= 4 is 45.6 Å². The van der Waals surface area contributed by atoms with Crippen LogP contribution in [-0.2, 0) is 0 Å². The molecule has 3 N–H and O–H groups in total. The summed E-state index contributed by atoms with van der Waals surface area (Å²) in [5, 5.41) is 2.06. The first kappa shape index (κ1) is 10.6. The molecule has 0 aliphatic carbocycles. The summed E-state index contributed by atoms with van der Waals surface area (Å²) >= 11 is 6.27. The molecule has 1 aromatic rings. The first-order valence-corrected chi connectivity index (χ1v) is 4.70. The first-order valence-electron chi connectivity index (χ1n) is 3.21. The third kappa shape index (κ3) is 2.73. The van der Waals surface area contributed by atoms with Crippen LogP contribution >= 0.6 is 34.8 Å². The van der Waals surface area contributed by atoms with Gasteiger partial charge in [0.25, 0.3) is 0 Å². The molecule has 0 aliphatic rings. The van der Waals surface area contributed by atoms with Gasteiger partial charge < -0.3 is 11.1 Å². The van der Waals surface area contributed by atoms with Crippen LogP contribution in [0.15, 0.2) is 12.1 Å². The minimum Gasteiger partial charge on any atom is -0.376 e. The van der Waals surface area contributed by atoms with E-state index in [1.807, 2.05) is 22.6 Å². The van der Waals surface area contributed by atoms with Gasteiger partial charge in [0.2, 0.25) is 0 Å². The zero-order valence-electron chi connectivity index (χ0n) is 6.27. The molecule has 0 fully saturated rings. The van der Waals surface area contributed by atoms with Crippen LogP contribution in [0.1, 0.15) is 0 Å². The number of hydrogen-bond acceptors (Lipinski definition) is 1. The first-order chi connectivity index (χ1) is 6.00. The standard InChI is InChI=1S/C7H5F2IN2S/c8-4-1-3(10)2-5(9)6(4)12-7(11)13/h1-2H,(H3,11,12,13). The fraction of sp³-hybridized carbons (Fsp3) is 0. The maximum absolute atomic E-state index is 13.0. The number of rotatable bonds is 1. The van der Waals surface area contributed by atoms with E-state index in [9.17, 15) is 8.78 Å².